The van der Waals surface area contributed by atoms with Crippen LogP contribution in [-0.2, 0) is 6.54 Å². The molecule has 0 spiro atoms. The molecule has 0 aliphatic carbocycles. The van der Waals surface area contributed by atoms with Gasteiger partial charge < -0.3 is 14.8 Å². The molecular weight excluding hydrogens is 238 g/mol. The normalized spacial score (nSPS) is 10.0. The summed E-state index contributed by atoms with van der Waals surface area (Å²) in [6, 6.07) is 16.0. The van der Waals surface area contributed by atoms with Crippen LogP contribution in [0.1, 0.15) is 12.5 Å². The van der Waals surface area contributed by atoms with Crippen LogP contribution in [0.5, 0.6) is 11.5 Å². The van der Waals surface area contributed by atoms with Crippen LogP contribution in [0, 0.1) is 0 Å². The van der Waals surface area contributed by atoms with Crippen molar-refractivity contribution >= 4 is 5.69 Å². The molecule has 0 saturated carbocycles. The fourth-order valence-electron chi connectivity index (χ4n) is 1.78. The average Bonchev–Trinajstić information content (AvgIpc) is 2.47. The van der Waals surface area contributed by atoms with Gasteiger partial charge in [0.15, 0.2) is 0 Å². The Morgan fingerprint density at radius 1 is 0.895 bits per heavy atom. The van der Waals surface area contributed by atoms with Gasteiger partial charge in [-0.1, -0.05) is 12.1 Å². The molecule has 0 atom stereocenters. The van der Waals surface area contributed by atoms with Gasteiger partial charge in [-0.3, -0.25) is 0 Å². The molecule has 0 bridgehead atoms. The molecule has 2 rings (SSSR count). The van der Waals surface area contributed by atoms with Gasteiger partial charge in [0.05, 0.1) is 13.7 Å². The zero-order valence-corrected chi connectivity index (χ0v) is 11.3. The fraction of sp³-hybridized carbons (Fsp3) is 0.250. The van der Waals surface area contributed by atoms with Crippen molar-refractivity contribution in [1.29, 1.82) is 0 Å². The quantitative estimate of drug-likeness (QED) is 0.855. The van der Waals surface area contributed by atoms with Gasteiger partial charge in [0.25, 0.3) is 0 Å². The smallest absolute Gasteiger partial charge is 0.119 e. The van der Waals surface area contributed by atoms with Crippen molar-refractivity contribution in [1.82, 2.24) is 0 Å². The van der Waals surface area contributed by atoms with Crippen LogP contribution in [0.4, 0.5) is 5.69 Å². The van der Waals surface area contributed by atoms with Crippen molar-refractivity contribution < 1.29 is 9.47 Å². The molecule has 0 aromatic heterocycles. The summed E-state index contributed by atoms with van der Waals surface area (Å²) in [5.74, 6) is 1.78. The molecule has 100 valence electrons. The minimum Gasteiger partial charge on any atom is -0.497 e. The third-order valence-corrected chi connectivity index (χ3v) is 2.82. The first kappa shape index (κ1) is 13.3. The van der Waals surface area contributed by atoms with Crippen LogP contribution in [0.2, 0.25) is 0 Å². The highest BCUT2D eigenvalue weighted by Crippen LogP contribution is 2.17. The number of nitrogens with one attached hydrogen (secondary N) is 1. The van der Waals surface area contributed by atoms with E-state index in [1.165, 1.54) is 5.56 Å². The van der Waals surface area contributed by atoms with E-state index >= 15 is 0 Å². The van der Waals surface area contributed by atoms with Crippen LogP contribution >= 0.6 is 0 Å². The van der Waals surface area contributed by atoms with E-state index in [-0.39, 0.29) is 0 Å². The summed E-state index contributed by atoms with van der Waals surface area (Å²) in [6.45, 7) is 3.46. The summed E-state index contributed by atoms with van der Waals surface area (Å²) in [4.78, 5) is 0. The molecule has 1 N–H and O–H groups in total. The molecule has 3 heteroatoms. The Kier molecular flexibility index (Phi) is 4.67. The molecule has 0 unspecified atom stereocenters. The highest BCUT2D eigenvalue weighted by atomic mass is 16.5. The SMILES string of the molecule is CCOc1ccc(NCc2ccc(OC)cc2)cc1. The summed E-state index contributed by atoms with van der Waals surface area (Å²) in [5.41, 5.74) is 2.30. The minimum absolute atomic E-state index is 0.693. The van der Waals surface area contributed by atoms with Crippen molar-refractivity contribution in [2.45, 2.75) is 13.5 Å². The Hall–Kier alpha value is -2.16. The Balaban J connectivity index is 1.90. The molecule has 2 aromatic rings. The van der Waals surface area contributed by atoms with Gasteiger partial charge >= 0.3 is 0 Å². The van der Waals surface area contributed by atoms with Crippen molar-refractivity contribution in [2.75, 3.05) is 19.0 Å². The van der Waals surface area contributed by atoms with Crippen LogP contribution in [0.3, 0.4) is 0 Å². The summed E-state index contributed by atoms with van der Waals surface area (Å²) in [5, 5.41) is 3.37. The Bertz CT molecular complexity index is 491. The predicted octanol–water partition coefficient (Wildman–Crippen LogP) is 3.71. The van der Waals surface area contributed by atoms with Crippen LogP contribution in [0.15, 0.2) is 48.5 Å². The first-order chi connectivity index (χ1) is 9.31. The van der Waals surface area contributed by atoms with Crippen molar-refractivity contribution in [2.24, 2.45) is 0 Å². The summed E-state index contributed by atoms with van der Waals surface area (Å²) >= 11 is 0. The van der Waals surface area contributed by atoms with Gasteiger partial charge in [0.2, 0.25) is 0 Å². The number of rotatable bonds is 6. The molecule has 0 amide bonds. The molecule has 2 aromatic carbocycles. The standard InChI is InChI=1S/C16H19NO2/c1-3-19-16-10-6-14(7-11-16)17-12-13-4-8-15(18-2)9-5-13/h4-11,17H,3,12H2,1-2H3. The van der Waals surface area contributed by atoms with E-state index < -0.39 is 0 Å². The number of methoxy groups -OCH3 is 1. The molecule has 19 heavy (non-hydrogen) atoms. The molecule has 0 heterocycles. The topological polar surface area (TPSA) is 30.5 Å². The zero-order chi connectivity index (χ0) is 13.5. The average molecular weight is 257 g/mol. The number of hydrogen-bond acceptors (Lipinski definition) is 3. The van der Waals surface area contributed by atoms with E-state index in [2.05, 4.69) is 17.4 Å². The van der Waals surface area contributed by atoms with Crippen molar-refractivity contribution in [3.05, 3.63) is 54.1 Å². The lowest BCUT2D eigenvalue weighted by Gasteiger charge is -2.08. The molecular formula is C16H19NO2. The van der Waals surface area contributed by atoms with E-state index in [0.29, 0.717) is 6.61 Å². The largest absolute Gasteiger partial charge is 0.497 e. The second-order valence-corrected chi connectivity index (χ2v) is 4.16. The lowest BCUT2D eigenvalue weighted by molar-refractivity contribution is 0.340. The van der Waals surface area contributed by atoms with Gasteiger partial charge in [-0.15, -0.1) is 0 Å². The maximum absolute atomic E-state index is 5.41. The summed E-state index contributed by atoms with van der Waals surface area (Å²) in [7, 11) is 1.67. The van der Waals surface area contributed by atoms with Gasteiger partial charge in [0, 0.05) is 12.2 Å². The molecule has 0 radical (unpaired) electrons. The van der Waals surface area contributed by atoms with Crippen LogP contribution in [-0.4, -0.2) is 13.7 Å². The molecule has 0 aliphatic rings. The predicted molar refractivity (Wildman–Crippen MR) is 77.9 cm³/mol. The lowest BCUT2D eigenvalue weighted by Crippen LogP contribution is -1.99. The third kappa shape index (κ3) is 3.91. The van der Waals surface area contributed by atoms with E-state index in [4.69, 9.17) is 9.47 Å². The first-order valence-corrected chi connectivity index (χ1v) is 6.41. The summed E-state index contributed by atoms with van der Waals surface area (Å²) < 4.78 is 10.5. The number of anilines is 1. The highest BCUT2D eigenvalue weighted by Gasteiger charge is 1.96. The van der Waals surface area contributed by atoms with Crippen LogP contribution in [0.25, 0.3) is 0 Å². The van der Waals surface area contributed by atoms with Crippen LogP contribution < -0.4 is 14.8 Å². The van der Waals surface area contributed by atoms with Gasteiger partial charge in [-0.05, 0) is 48.9 Å². The molecule has 0 saturated heterocycles. The maximum atomic E-state index is 5.41. The molecule has 3 nitrogen and oxygen atoms in total. The highest BCUT2D eigenvalue weighted by molar-refractivity contribution is 5.47. The number of benzene rings is 2. The van der Waals surface area contributed by atoms with E-state index in [9.17, 15) is 0 Å². The Labute approximate surface area is 114 Å². The monoisotopic (exact) mass is 257 g/mol. The van der Waals surface area contributed by atoms with Crippen molar-refractivity contribution in [3.8, 4) is 11.5 Å². The Morgan fingerprint density at radius 2 is 1.53 bits per heavy atom. The van der Waals surface area contributed by atoms with E-state index in [1.54, 1.807) is 7.11 Å². The number of hydrogen-bond donors (Lipinski definition) is 1. The van der Waals surface area contributed by atoms with Crippen molar-refractivity contribution in [3.63, 3.8) is 0 Å². The fourth-order valence-corrected chi connectivity index (χ4v) is 1.78. The number of ether oxygens (including phenoxy) is 2. The van der Waals surface area contributed by atoms with E-state index in [0.717, 1.165) is 23.7 Å². The second-order valence-electron chi connectivity index (χ2n) is 4.16. The first-order valence-electron chi connectivity index (χ1n) is 6.41. The van der Waals surface area contributed by atoms with Gasteiger partial charge in [0.1, 0.15) is 11.5 Å². The summed E-state index contributed by atoms with van der Waals surface area (Å²) in [6.07, 6.45) is 0. The minimum atomic E-state index is 0.693. The third-order valence-electron chi connectivity index (χ3n) is 2.82. The molecule has 0 fully saturated rings. The van der Waals surface area contributed by atoms with Gasteiger partial charge in [-0.2, -0.15) is 0 Å². The maximum Gasteiger partial charge on any atom is 0.119 e. The zero-order valence-electron chi connectivity index (χ0n) is 11.3. The second kappa shape index (κ2) is 6.69. The lowest BCUT2D eigenvalue weighted by atomic mass is 10.2. The Morgan fingerprint density at radius 3 is 2.11 bits per heavy atom. The van der Waals surface area contributed by atoms with Gasteiger partial charge in [-0.25, -0.2) is 0 Å². The van der Waals surface area contributed by atoms with E-state index in [1.807, 2.05) is 43.3 Å². The molecule has 0 aliphatic heterocycles.